The lowest BCUT2D eigenvalue weighted by molar-refractivity contribution is -0.115. The Labute approximate surface area is 134 Å². The molecule has 0 atom stereocenters. The van der Waals surface area contributed by atoms with Gasteiger partial charge in [-0.3, -0.25) is 4.79 Å². The summed E-state index contributed by atoms with van der Waals surface area (Å²) >= 11 is 5.88. The number of rotatable bonds is 5. The molecule has 2 aromatic carbocycles. The molecule has 2 N–H and O–H groups in total. The van der Waals surface area contributed by atoms with Gasteiger partial charge in [-0.25, -0.2) is 0 Å². The number of carbonyl (C=O) groups excluding carboxylic acids is 1. The molecule has 2 rings (SSSR count). The topological polar surface area (TPSA) is 64.9 Å². The smallest absolute Gasteiger partial charge is 0.226 e. The summed E-state index contributed by atoms with van der Waals surface area (Å²) in [5.74, 6) is -0.0634. The fraction of sp³-hybridized carbons (Fsp3) is 0.176. The minimum Gasteiger partial charge on any atom is -0.385 e. The molecule has 0 radical (unpaired) electrons. The standard InChI is InChI=1S/C17H16ClN3O/c1-12-10-14(18)4-7-16(12)21-17(22)8-9-20-15-5-2-13(11-19)3-6-15/h2-7,10,20H,8-9H2,1H3,(H,21,22). The van der Waals surface area contributed by atoms with Crippen molar-refractivity contribution in [3.8, 4) is 6.07 Å². The molecule has 5 heteroatoms. The predicted molar refractivity (Wildman–Crippen MR) is 89.1 cm³/mol. The Morgan fingerprint density at radius 3 is 2.59 bits per heavy atom. The van der Waals surface area contributed by atoms with Gasteiger partial charge < -0.3 is 10.6 Å². The van der Waals surface area contributed by atoms with Gasteiger partial charge in [0.1, 0.15) is 0 Å². The molecular formula is C17H16ClN3O. The number of amides is 1. The molecule has 0 fully saturated rings. The number of hydrogen-bond donors (Lipinski definition) is 2. The number of nitrogens with zero attached hydrogens (tertiary/aromatic N) is 1. The van der Waals surface area contributed by atoms with E-state index in [1.807, 2.05) is 25.1 Å². The average molecular weight is 314 g/mol. The molecule has 4 nitrogen and oxygen atoms in total. The molecule has 0 spiro atoms. The van der Waals surface area contributed by atoms with E-state index in [-0.39, 0.29) is 5.91 Å². The number of nitriles is 1. The zero-order chi connectivity index (χ0) is 15.9. The molecule has 0 saturated carbocycles. The molecule has 1 amide bonds. The predicted octanol–water partition coefficient (Wildman–Crippen LogP) is 3.96. The molecule has 0 aliphatic carbocycles. The summed E-state index contributed by atoms with van der Waals surface area (Å²) < 4.78 is 0. The third-order valence-corrected chi connectivity index (χ3v) is 3.39. The van der Waals surface area contributed by atoms with Gasteiger partial charge in [-0.05, 0) is 55.0 Å². The third-order valence-electron chi connectivity index (χ3n) is 3.16. The summed E-state index contributed by atoms with van der Waals surface area (Å²) in [6.07, 6.45) is 0.349. The van der Waals surface area contributed by atoms with Crippen LogP contribution in [0.1, 0.15) is 17.5 Å². The number of aryl methyl sites for hydroxylation is 1. The van der Waals surface area contributed by atoms with Gasteiger partial charge in [0.15, 0.2) is 0 Å². The lowest BCUT2D eigenvalue weighted by atomic mass is 10.2. The minimum absolute atomic E-state index is 0.0634. The van der Waals surface area contributed by atoms with Crippen molar-refractivity contribution in [1.82, 2.24) is 0 Å². The van der Waals surface area contributed by atoms with Gasteiger partial charge >= 0.3 is 0 Å². The molecule has 0 aliphatic heterocycles. The van der Waals surface area contributed by atoms with Gasteiger partial charge in [0.05, 0.1) is 11.6 Å². The van der Waals surface area contributed by atoms with Crippen LogP contribution < -0.4 is 10.6 Å². The Kier molecular flexibility index (Phi) is 5.40. The van der Waals surface area contributed by atoms with Gasteiger partial charge in [-0.1, -0.05) is 11.6 Å². The fourth-order valence-electron chi connectivity index (χ4n) is 1.96. The molecule has 0 saturated heterocycles. The number of carbonyl (C=O) groups is 1. The van der Waals surface area contributed by atoms with E-state index in [1.165, 1.54) is 0 Å². The maximum atomic E-state index is 11.9. The number of benzene rings is 2. The Morgan fingerprint density at radius 1 is 1.23 bits per heavy atom. The number of halogens is 1. The molecule has 22 heavy (non-hydrogen) atoms. The Bertz CT molecular complexity index is 705. The van der Waals surface area contributed by atoms with Gasteiger partial charge in [0.2, 0.25) is 5.91 Å². The van der Waals surface area contributed by atoms with Crippen LogP contribution in [0.2, 0.25) is 5.02 Å². The molecule has 0 aromatic heterocycles. The number of nitrogens with one attached hydrogen (secondary N) is 2. The SMILES string of the molecule is Cc1cc(Cl)ccc1NC(=O)CCNc1ccc(C#N)cc1. The second-order valence-corrected chi connectivity index (χ2v) is 5.31. The van der Waals surface area contributed by atoms with E-state index >= 15 is 0 Å². The van der Waals surface area contributed by atoms with E-state index in [9.17, 15) is 4.79 Å². The van der Waals surface area contributed by atoms with E-state index in [4.69, 9.17) is 16.9 Å². The first kappa shape index (κ1) is 15.9. The fourth-order valence-corrected chi connectivity index (χ4v) is 2.19. The van der Waals surface area contributed by atoms with Crippen molar-refractivity contribution in [1.29, 1.82) is 5.26 Å². The molecule has 0 unspecified atom stereocenters. The van der Waals surface area contributed by atoms with Crippen molar-refractivity contribution >= 4 is 28.9 Å². The van der Waals surface area contributed by atoms with E-state index in [1.54, 1.807) is 24.3 Å². The van der Waals surface area contributed by atoms with Crippen LogP contribution in [-0.4, -0.2) is 12.5 Å². The third kappa shape index (κ3) is 4.51. The highest BCUT2D eigenvalue weighted by Crippen LogP contribution is 2.19. The van der Waals surface area contributed by atoms with Gasteiger partial charge in [-0.2, -0.15) is 5.26 Å². The lowest BCUT2D eigenvalue weighted by Gasteiger charge is -2.10. The Balaban J connectivity index is 1.81. The van der Waals surface area contributed by atoms with Gasteiger partial charge in [0.25, 0.3) is 0 Å². The van der Waals surface area contributed by atoms with Crippen molar-refractivity contribution in [2.75, 3.05) is 17.2 Å². The van der Waals surface area contributed by atoms with Crippen LogP contribution in [0.3, 0.4) is 0 Å². The Hall–Kier alpha value is -2.51. The molecule has 0 aliphatic rings. The molecule has 112 valence electrons. The molecule has 0 heterocycles. The average Bonchev–Trinajstić information content (AvgIpc) is 2.51. The number of hydrogen-bond acceptors (Lipinski definition) is 3. The maximum Gasteiger partial charge on any atom is 0.226 e. The summed E-state index contributed by atoms with van der Waals surface area (Å²) in [6, 6.07) is 14.5. The molecular weight excluding hydrogens is 298 g/mol. The normalized spacial score (nSPS) is 9.86. The minimum atomic E-state index is -0.0634. The zero-order valence-corrected chi connectivity index (χ0v) is 12.9. The van der Waals surface area contributed by atoms with Gasteiger partial charge in [0, 0.05) is 29.4 Å². The second-order valence-electron chi connectivity index (χ2n) is 4.87. The summed E-state index contributed by atoms with van der Waals surface area (Å²) in [5, 5.41) is 15.4. The van der Waals surface area contributed by atoms with E-state index in [2.05, 4.69) is 16.7 Å². The van der Waals surface area contributed by atoms with Crippen molar-refractivity contribution < 1.29 is 4.79 Å². The first-order valence-corrected chi connectivity index (χ1v) is 7.26. The van der Waals surface area contributed by atoms with Gasteiger partial charge in [-0.15, -0.1) is 0 Å². The van der Waals surface area contributed by atoms with Crippen molar-refractivity contribution in [2.45, 2.75) is 13.3 Å². The van der Waals surface area contributed by atoms with Crippen LogP contribution in [0.4, 0.5) is 11.4 Å². The maximum absolute atomic E-state index is 11.9. The highest BCUT2D eigenvalue weighted by Gasteiger charge is 2.05. The van der Waals surface area contributed by atoms with Crippen LogP contribution >= 0.6 is 11.6 Å². The van der Waals surface area contributed by atoms with E-state index in [0.29, 0.717) is 23.6 Å². The highest BCUT2D eigenvalue weighted by molar-refractivity contribution is 6.30. The Morgan fingerprint density at radius 2 is 1.95 bits per heavy atom. The zero-order valence-electron chi connectivity index (χ0n) is 12.2. The van der Waals surface area contributed by atoms with E-state index in [0.717, 1.165) is 16.9 Å². The first-order valence-electron chi connectivity index (χ1n) is 6.88. The number of anilines is 2. The quantitative estimate of drug-likeness (QED) is 0.878. The first-order chi connectivity index (χ1) is 10.6. The summed E-state index contributed by atoms with van der Waals surface area (Å²) in [4.78, 5) is 11.9. The lowest BCUT2D eigenvalue weighted by Crippen LogP contribution is -2.16. The van der Waals surface area contributed by atoms with Crippen molar-refractivity contribution in [2.24, 2.45) is 0 Å². The molecule has 2 aromatic rings. The summed E-state index contributed by atoms with van der Waals surface area (Å²) in [6.45, 7) is 2.42. The van der Waals surface area contributed by atoms with E-state index < -0.39 is 0 Å². The highest BCUT2D eigenvalue weighted by atomic mass is 35.5. The van der Waals surface area contributed by atoms with Crippen LogP contribution in [-0.2, 0) is 4.79 Å². The van der Waals surface area contributed by atoms with Crippen LogP contribution in [0.15, 0.2) is 42.5 Å². The largest absolute Gasteiger partial charge is 0.385 e. The summed E-state index contributed by atoms with van der Waals surface area (Å²) in [5.41, 5.74) is 3.20. The monoisotopic (exact) mass is 313 g/mol. The van der Waals surface area contributed by atoms with Crippen molar-refractivity contribution in [3.63, 3.8) is 0 Å². The summed E-state index contributed by atoms with van der Waals surface area (Å²) in [7, 11) is 0. The van der Waals surface area contributed by atoms with Crippen LogP contribution in [0.5, 0.6) is 0 Å². The molecule has 0 bridgehead atoms. The second kappa shape index (κ2) is 7.48. The van der Waals surface area contributed by atoms with Crippen molar-refractivity contribution in [3.05, 3.63) is 58.6 Å². The van der Waals surface area contributed by atoms with Crippen LogP contribution in [0.25, 0.3) is 0 Å². The van der Waals surface area contributed by atoms with Crippen LogP contribution in [0, 0.1) is 18.3 Å².